The molecule has 1 aliphatic carbocycles. The maximum absolute atomic E-state index is 14.0. The van der Waals surface area contributed by atoms with Crippen LogP contribution in [0.25, 0.3) is 0 Å². The summed E-state index contributed by atoms with van der Waals surface area (Å²) in [6.45, 7) is 2.18. The molecule has 0 unspecified atom stereocenters. The molecule has 2 heterocycles. The number of halogens is 1. The van der Waals surface area contributed by atoms with Gasteiger partial charge >= 0.3 is 6.03 Å². The molecule has 1 saturated carbocycles. The van der Waals surface area contributed by atoms with Crippen LogP contribution in [0.2, 0.25) is 0 Å². The van der Waals surface area contributed by atoms with E-state index in [1.165, 1.54) is 18.2 Å². The van der Waals surface area contributed by atoms with Crippen LogP contribution in [0.3, 0.4) is 0 Å². The van der Waals surface area contributed by atoms with E-state index >= 15 is 0 Å². The highest BCUT2D eigenvalue weighted by atomic mass is 32.2. The minimum Gasteiger partial charge on any atom is -0.493 e. The predicted octanol–water partition coefficient (Wildman–Crippen LogP) is 2.14. The van der Waals surface area contributed by atoms with Crippen molar-refractivity contribution in [2.75, 3.05) is 12.4 Å². The topological polar surface area (TPSA) is 119 Å². The van der Waals surface area contributed by atoms with Crippen LogP contribution in [0.4, 0.5) is 9.18 Å². The fraction of sp³-hybridized carbons (Fsp3) is 0.450. The molecule has 2 aliphatic rings. The number of rotatable bonds is 10. The Morgan fingerprint density at radius 3 is 2.77 bits per heavy atom. The van der Waals surface area contributed by atoms with Crippen molar-refractivity contribution in [1.82, 2.24) is 19.8 Å². The number of nitrogens with one attached hydrogen (secondary N) is 2. The lowest BCUT2D eigenvalue weighted by molar-refractivity contribution is 0.0976. The highest BCUT2D eigenvalue weighted by molar-refractivity contribution is 7.89. The number of fused-ring (bicyclic) bond motifs is 1. The van der Waals surface area contributed by atoms with Gasteiger partial charge in [0.25, 0.3) is 5.91 Å². The van der Waals surface area contributed by atoms with E-state index in [1.807, 2.05) is 0 Å². The Kier molecular flexibility index (Phi) is 5.80. The molecule has 2 N–H and O–H groups in total. The smallest absolute Gasteiger partial charge is 0.349 e. The molecule has 0 spiro atoms. The number of carbonyl (C=O) groups excluding carboxylic acids is 2. The molecule has 4 rings (SSSR count). The van der Waals surface area contributed by atoms with Crippen LogP contribution in [-0.2, 0) is 16.4 Å². The van der Waals surface area contributed by atoms with Crippen LogP contribution in [-0.4, -0.2) is 42.5 Å². The summed E-state index contributed by atoms with van der Waals surface area (Å²) in [4.78, 5) is 23.1. The predicted molar refractivity (Wildman–Crippen MR) is 109 cm³/mol. The van der Waals surface area contributed by atoms with Crippen molar-refractivity contribution in [1.29, 1.82) is 0 Å². The number of aryl methyl sites for hydroxylation is 1. The van der Waals surface area contributed by atoms with Gasteiger partial charge in [-0.3, -0.25) is 10.1 Å². The normalized spacial score (nSPS) is 16.8. The number of amides is 2. The van der Waals surface area contributed by atoms with Gasteiger partial charge in [-0.15, -0.1) is 0 Å². The molecule has 166 valence electrons. The van der Waals surface area contributed by atoms with Gasteiger partial charge in [0.05, 0.1) is 18.1 Å². The number of sulfonamides is 1. The van der Waals surface area contributed by atoms with Gasteiger partial charge in [0.2, 0.25) is 10.0 Å². The molecule has 0 bridgehead atoms. The van der Waals surface area contributed by atoms with Gasteiger partial charge in [0.1, 0.15) is 17.3 Å². The lowest BCUT2D eigenvalue weighted by Crippen LogP contribution is -2.29. The Hall–Kier alpha value is -2.79. The summed E-state index contributed by atoms with van der Waals surface area (Å²) in [6, 6.07) is 4.44. The van der Waals surface area contributed by atoms with Crippen molar-refractivity contribution in [2.45, 2.75) is 38.6 Å². The van der Waals surface area contributed by atoms with Crippen LogP contribution >= 0.6 is 0 Å². The van der Waals surface area contributed by atoms with Crippen molar-refractivity contribution < 1.29 is 27.1 Å². The second-order valence-electron chi connectivity index (χ2n) is 7.93. The van der Waals surface area contributed by atoms with Crippen LogP contribution in [0.5, 0.6) is 5.75 Å². The van der Waals surface area contributed by atoms with Gasteiger partial charge in [-0.05, 0) is 62.3 Å². The van der Waals surface area contributed by atoms with Gasteiger partial charge in [-0.25, -0.2) is 22.3 Å². The number of ether oxygens (including phenoxy) is 1. The van der Waals surface area contributed by atoms with Crippen molar-refractivity contribution in [3.05, 3.63) is 47.0 Å². The summed E-state index contributed by atoms with van der Waals surface area (Å²) in [5.74, 6) is -0.283. The fourth-order valence-corrected chi connectivity index (χ4v) is 4.66. The molecule has 2 amide bonds. The van der Waals surface area contributed by atoms with Crippen LogP contribution < -0.4 is 14.8 Å². The Bertz CT molecular complexity index is 1100. The Balaban J connectivity index is 1.32. The first-order valence-electron chi connectivity index (χ1n) is 10.1. The third kappa shape index (κ3) is 5.28. The largest absolute Gasteiger partial charge is 0.493 e. The third-order valence-corrected chi connectivity index (χ3v) is 6.72. The number of nitrogens with zero attached hydrogens (tertiary/aromatic N) is 2. The lowest BCUT2D eigenvalue weighted by Gasteiger charge is -2.16. The zero-order valence-electron chi connectivity index (χ0n) is 16.9. The standard InChI is InChI=1S/C20H23FN4O5S/c1-12(14-7-15(21)9-17(8-14)30-11-13-4-5-13)24-31(28,29)6-2-3-16-10-18-19(26)22-20(27)25(18)23-16/h7-10,12-13,24H,2-6,11H2,1H3,(H,22,26,27)/t12-/m1/s1. The fourth-order valence-electron chi connectivity index (χ4n) is 3.34. The minimum atomic E-state index is -3.65. The van der Waals surface area contributed by atoms with Crippen molar-refractivity contribution in [3.63, 3.8) is 0 Å². The first kappa shape index (κ1) is 21.4. The van der Waals surface area contributed by atoms with Crippen molar-refractivity contribution in [3.8, 4) is 5.75 Å². The highest BCUT2D eigenvalue weighted by Gasteiger charge is 2.28. The minimum absolute atomic E-state index is 0.139. The van der Waals surface area contributed by atoms with Gasteiger partial charge in [-0.1, -0.05) is 0 Å². The molecule has 31 heavy (non-hydrogen) atoms. The van der Waals surface area contributed by atoms with Crippen molar-refractivity contribution >= 4 is 22.0 Å². The summed E-state index contributed by atoms with van der Waals surface area (Å²) >= 11 is 0. The molecule has 2 aromatic rings. The first-order chi connectivity index (χ1) is 14.7. The first-order valence-corrected chi connectivity index (χ1v) is 11.7. The molecular weight excluding hydrogens is 427 g/mol. The van der Waals surface area contributed by atoms with Crippen LogP contribution in [0.1, 0.15) is 54.0 Å². The van der Waals surface area contributed by atoms with E-state index < -0.39 is 33.8 Å². The maximum Gasteiger partial charge on any atom is 0.349 e. The summed E-state index contributed by atoms with van der Waals surface area (Å²) in [7, 11) is -3.65. The molecule has 1 atom stereocenters. The van der Waals surface area contributed by atoms with Gasteiger partial charge in [0, 0.05) is 12.1 Å². The van der Waals surface area contributed by atoms with E-state index in [2.05, 4.69) is 15.1 Å². The summed E-state index contributed by atoms with van der Waals surface area (Å²) in [5.41, 5.74) is 1.08. The van der Waals surface area contributed by atoms with Crippen LogP contribution in [0, 0.1) is 11.7 Å². The monoisotopic (exact) mass is 450 g/mol. The van der Waals surface area contributed by atoms with E-state index in [1.54, 1.807) is 13.0 Å². The Morgan fingerprint density at radius 1 is 1.29 bits per heavy atom. The number of benzene rings is 1. The second-order valence-corrected chi connectivity index (χ2v) is 9.80. The van der Waals surface area contributed by atoms with Gasteiger partial charge in [-0.2, -0.15) is 9.78 Å². The number of hydrogen-bond donors (Lipinski definition) is 2. The molecular formula is C20H23FN4O5S. The lowest BCUT2D eigenvalue weighted by atomic mass is 10.1. The van der Waals surface area contributed by atoms with E-state index in [-0.39, 0.29) is 24.3 Å². The maximum atomic E-state index is 14.0. The average Bonchev–Trinajstić information content (AvgIpc) is 3.36. The van der Waals surface area contributed by atoms with Gasteiger partial charge < -0.3 is 4.74 Å². The third-order valence-electron chi connectivity index (χ3n) is 5.18. The number of imide groups is 1. The molecule has 1 aromatic heterocycles. The summed E-state index contributed by atoms with van der Waals surface area (Å²) in [6.07, 6.45) is 2.76. The Morgan fingerprint density at radius 2 is 2.06 bits per heavy atom. The highest BCUT2D eigenvalue weighted by Crippen LogP contribution is 2.30. The van der Waals surface area contributed by atoms with E-state index in [0.29, 0.717) is 29.5 Å². The van der Waals surface area contributed by atoms with E-state index in [0.717, 1.165) is 17.5 Å². The summed E-state index contributed by atoms with van der Waals surface area (Å²) < 4.78 is 48.0. The molecule has 9 nitrogen and oxygen atoms in total. The molecule has 1 aliphatic heterocycles. The summed E-state index contributed by atoms with van der Waals surface area (Å²) in [5, 5.41) is 6.13. The molecule has 1 aromatic carbocycles. The number of aromatic nitrogens is 2. The van der Waals surface area contributed by atoms with Crippen molar-refractivity contribution in [2.24, 2.45) is 5.92 Å². The second kappa shape index (κ2) is 8.39. The molecule has 0 saturated heterocycles. The number of carbonyl (C=O) groups is 2. The SMILES string of the molecule is C[C@@H](NS(=O)(=O)CCCc1cc2n(n1)C(=O)NC2=O)c1cc(F)cc(OCC2CC2)c1. The van der Waals surface area contributed by atoms with E-state index in [9.17, 15) is 22.4 Å². The zero-order valence-corrected chi connectivity index (χ0v) is 17.7. The van der Waals surface area contributed by atoms with Gasteiger partial charge in [0.15, 0.2) is 0 Å². The number of hydrogen-bond acceptors (Lipinski definition) is 6. The molecule has 1 fully saturated rings. The average molecular weight is 450 g/mol. The quantitative estimate of drug-likeness (QED) is 0.572. The van der Waals surface area contributed by atoms with E-state index in [4.69, 9.17) is 4.74 Å². The molecule has 11 heteroatoms. The zero-order chi connectivity index (χ0) is 22.2. The Labute approximate surface area is 179 Å². The van der Waals surface area contributed by atoms with Crippen LogP contribution in [0.15, 0.2) is 24.3 Å². The molecule has 0 radical (unpaired) electrons.